The predicted molar refractivity (Wildman–Crippen MR) is 126 cm³/mol. The smallest absolute Gasteiger partial charge is 0.131 e. The number of hydrogen-bond acceptors (Lipinski definition) is 2. The number of methoxy groups -OCH3 is 1. The quantitative estimate of drug-likeness (QED) is 0.292. The number of hydrogen-bond donors (Lipinski definition) is 0. The van der Waals surface area contributed by atoms with E-state index in [1.165, 1.54) is 6.07 Å². The van der Waals surface area contributed by atoms with Gasteiger partial charge in [-0.1, -0.05) is 48.0 Å². The molecular formula is C27H19ClFNO. The number of fused-ring (bicyclic) bond motifs is 2. The van der Waals surface area contributed by atoms with Crippen molar-refractivity contribution in [3.63, 3.8) is 0 Å². The molecule has 4 heteroatoms. The minimum Gasteiger partial charge on any atom is -0.497 e. The molecule has 0 aliphatic carbocycles. The summed E-state index contributed by atoms with van der Waals surface area (Å²) in [6.45, 7) is 1.99. The fourth-order valence-electron chi connectivity index (χ4n) is 4.12. The van der Waals surface area contributed by atoms with Gasteiger partial charge < -0.3 is 4.74 Å². The summed E-state index contributed by atoms with van der Waals surface area (Å²) in [6.07, 6.45) is 0. The summed E-state index contributed by atoms with van der Waals surface area (Å²) in [7, 11) is 1.66. The van der Waals surface area contributed by atoms with Crippen LogP contribution in [0.2, 0.25) is 5.02 Å². The van der Waals surface area contributed by atoms with Crippen LogP contribution >= 0.6 is 11.6 Å². The van der Waals surface area contributed by atoms with Gasteiger partial charge in [0.15, 0.2) is 0 Å². The minimum atomic E-state index is -0.269. The van der Waals surface area contributed by atoms with Gasteiger partial charge in [0.1, 0.15) is 11.6 Å². The van der Waals surface area contributed by atoms with E-state index in [-0.39, 0.29) is 5.82 Å². The van der Waals surface area contributed by atoms with Crippen molar-refractivity contribution in [3.05, 3.63) is 95.3 Å². The average Bonchev–Trinajstić information content (AvgIpc) is 2.79. The molecule has 1 heterocycles. The first kappa shape index (κ1) is 19.5. The van der Waals surface area contributed by atoms with Crippen molar-refractivity contribution in [2.24, 2.45) is 0 Å². The van der Waals surface area contributed by atoms with E-state index in [2.05, 4.69) is 12.1 Å². The van der Waals surface area contributed by atoms with E-state index in [0.717, 1.165) is 49.8 Å². The van der Waals surface area contributed by atoms with Crippen molar-refractivity contribution in [2.75, 3.05) is 7.11 Å². The molecule has 4 aromatic carbocycles. The molecular weight excluding hydrogens is 409 g/mol. The van der Waals surface area contributed by atoms with Gasteiger partial charge in [0.2, 0.25) is 0 Å². The average molecular weight is 428 g/mol. The number of benzene rings is 4. The minimum absolute atomic E-state index is 0.269. The van der Waals surface area contributed by atoms with Crippen molar-refractivity contribution >= 4 is 33.3 Å². The Morgan fingerprint density at radius 1 is 0.871 bits per heavy atom. The predicted octanol–water partition coefficient (Wildman–Crippen LogP) is 7.83. The SMILES string of the molecule is COc1ccc2cc(-c3nc4ccc(Cl)cc4c(-c4ccccc4F)c3C)ccc2c1. The van der Waals surface area contributed by atoms with Crippen molar-refractivity contribution in [1.29, 1.82) is 0 Å². The van der Waals surface area contributed by atoms with Gasteiger partial charge in [-0.15, -0.1) is 0 Å². The first-order chi connectivity index (χ1) is 15.0. The maximum absolute atomic E-state index is 14.8. The van der Waals surface area contributed by atoms with Gasteiger partial charge >= 0.3 is 0 Å². The number of pyridine rings is 1. The molecule has 0 saturated heterocycles. The molecule has 0 bridgehead atoms. The van der Waals surface area contributed by atoms with Crippen LogP contribution in [0, 0.1) is 12.7 Å². The summed E-state index contributed by atoms with van der Waals surface area (Å²) >= 11 is 6.29. The second kappa shape index (κ2) is 7.68. The summed E-state index contributed by atoms with van der Waals surface area (Å²) in [5.41, 5.74) is 4.85. The summed E-state index contributed by atoms with van der Waals surface area (Å²) in [4.78, 5) is 4.94. The number of ether oxygens (including phenoxy) is 1. The fourth-order valence-corrected chi connectivity index (χ4v) is 4.29. The monoisotopic (exact) mass is 427 g/mol. The van der Waals surface area contributed by atoms with Gasteiger partial charge in [0, 0.05) is 21.5 Å². The van der Waals surface area contributed by atoms with Crippen LogP contribution in [0.25, 0.3) is 44.1 Å². The first-order valence-electron chi connectivity index (χ1n) is 9.98. The zero-order chi connectivity index (χ0) is 21.5. The van der Waals surface area contributed by atoms with Gasteiger partial charge in [-0.25, -0.2) is 9.37 Å². The molecule has 5 aromatic rings. The van der Waals surface area contributed by atoms with E-state index in [1.54, 1.807) is 19.2 Å². The van der Waals surface area contributed by atoms with Crippen LogP contribution in [0.4, 0.5) is 4.39 Å². The second-order valence-corrected chi connectivity index (χ2v) is 7.97. The Kier molecular flexibility index (Phi) is 4.84. The summed E-state index contributed by atoms with van der Waals surface area (Å²) < 4.78 is 20.2. The van der Waals surface area contributed by atoms with Crippen LogP contribution in [-0.2, 0) is 0 Å². The lowest BCUT2D eigenvalue weighted by atomic mass is 9.92. The molecule has 0 fully saturated rings. The van der Waals surface area contributed by atoms with Gasteiger partial charge in [-0.05, 0) is 71.3 Å². The molecule has 0 aliphatic rings. The third-order valence-electron chi connectivity index (χ3n) is 5.65. The molecule has 152 valence electrons. The molecule has 0 aliphatic heterocycles. The second-order valence-electron chi connectivity index (χ2n) is 7.53. The Labute approximate surface area is 184 Å². The van der Waals surface area contributed by atoms with Gasteiger partial charge in [0.25, 0.3) is 0 Å². The largest absolute Gasteiger partial charge is 0.497 e. The summed E-state index contributed by atoms with van der Waals surface area (Å²) in [5, 5.41) is 3.61. The van der Waals surface area contributed by atoms with Crippen molar-refractivity contribution < 1.29 is 9.13 Å². The van der Waals surface area contributed by atoms with Gasteiger partial charge in [0.05, 0.1) is 18.3 Å². The Morgan fingerprint density at radius 3 is 2.45 bits per heavy atom. The molecule has 0 saturated carbocycles. The maximum Gasteiger partial charge on any atom is 0.131 e. The zero-order valence-corrected chi connectivity index (χ0v) is 17.9. The van der Waals surface area contributed by atoms with Crippen LogP contribution < -0.4 is 4.74 Å². The summed E-state index contributed by atoms with van der Waals surface area (Å²) in [5.74, 6) is 0.550. The van der Waals surface area contributed by atoms with Crippen LogP contribution in [-0.4, -0.2) is 12.1 Å². The normalized spacial score (nSPS) is 11.2. The molecule has 2 nitrogen and oxygen atoms in total. The standard InChI is InChI=1S/C27H19ClFNO/c1-16-26(22-5-3-4-6-24(22)29)23-15-20(28)10-12-25(23)30-27(16)19-8-7-18-14-21(31-2)11-9-17(18)13-19/h3-15H,1-2H3. The topological polar surface area (TPSA) is 22.1 Å². The fraction of sp³-hybridized carbons (Fsp3) is 0.0741. The lowest BCUT2D eigenvalue weighted by Crippen LogP contribution is -1.97. The van der Waals surface area contributed by atoms with E-state index in [4.69, 9.17) is 21.3 Å². The Balaban J connectivity index is 1.81. The van der Waals surface area contributed by atoms with E-state index < -0.39 is 0 Å². The highest BCUT2D eigenvalue weighted by molar-refractivity contribution is 6.31. The highest BCUT2D eigenvalue weighted by Crippen LogP contribution is 2.39. The van der Waals surface area contributed by atoms with Gasteiger partial charge in [-0.3, -0.25) is 0 Å². The molecule has 0 atom stereocenters. The molecule has 31 heavy (non-hydrogen) atoms. The number of aromatic nitrogens is 1. The van der Waals surface area contributed by atoms with Crippen molar-refractivity contribution in [3.8, 4) is 28.1 Å². The molecule has 5 rings (SSSR count). The number of halogens is 2. The van der Waals surface area contributed by atoms with Crippen molar-refractivity contribution in [2.45, 2.75) is 6.92 Å². The molecule has 0 spiro atoms. The number of rotatable bonds is 3. The van der Waals surface area contributed by atoms with Crippen LogP contribution in [0.1, 0.15) is 5.56 Å². The Hall–Kier alpha value is -3.43. The van der Waals surface area contributed by atoms with Crippen molar-refractivity contribution in [1.82, 2.24) is 4.98 Å². The van der Waals surface area contributed by atoms with Gasteiger partial charge in [-0.2, -0.15) is 0 Å². The van der Waals surface area contributed by atoms with E-state index >= 15 is 0 Å². The third-order valence-corrected chi connectivity index (χ3v) is 5.89. The number of nitrogens with zero attached hydrogens (tertiary/aromatic N) is 1. The first-order valence-corrected chi connectivity index (χ1v) is 10.4. The third kappa shape index (κ3) is 3.41. The molecule has 0 N–H and O–H groups in total. The highest BCUT2D eigenvalue weighted by atomic mass is 35.5. The van der Waals surface area contributed by atoms with E-state index in [0.29, 0.717) is 10.6 Å². The molecule has 1 aromatic heterocycles. The zero-order valence-electron chi connectivity index (χ0n) is 17.1. The highest BCUT2D eigenvalue weighted by Gasteiger charge is 2.18. The summed E-state index contributed by atoms with van der Waals surface area (Å²) in [6, 6.07) is 24.6. The lowest BCUT2D eigenvalue weighted by Gasteiger charge is -2.16. The maximum atomic E-state index is 14.8. The molecule has 0 radical (unpaired) electrons. The molecule has 0 unspecified atom stereocenters. The lowest BCUT2D eigenvalue weighted by molar-refractivity contribution is 0.415. The van der Waals surface area contributed by atoms with E-state index in [1.807, 2.05) is 55.5 Å². The van der Waals surface area contributed by atoms with E-state index in [9.17, 15) is 4.39 Å². The van der Waals surface area contributed by atoms with Crippen LogP contribution in [0.15, 0.2) is 78.9 Å². The van der Waals surface area contributed by atoms with Crippen LogP contribution in [0.3, 0.4) is 0 Å². The Morgan fingerprint density at radius 2 is 1.65 bits per heavy atom. The van der Waals surface area contributed by atoms with Crippen LogP contribution in [0.5, 0.6) is 5.75 Å². The molecule has 0 amide bonds. The Bertz CT molecular complexity index is 1460.